The van der Waals surface area contributed by atoms with Crippen molar-refractivity contribution in [2.45, 2.75) is 59.4 Å². The number of ether oxygens (including phenoxy) is 1. The van der Waals surface area contributed by atoms with E-state index in [1.807, 2.05) is 0 Å². The fourth-order valence-corrected chi connectivity index (χ4v) is 5.35. The zero-order chi connectivity index (χ0) is 24.8. The fourth-order valence-electron chi connectivity index (χ4n) is 5.35. The fraction of sp³-hybridized carbons (Fsp3) is 0.440. The summed E-state index contributed by atoms with van der Waals surface area (Å²) in [4.78, 5) is 16.4. The Kier molecular flexibility index (Phi) is 5.99. The predicted octanol–water partition coefficient (Wildman–Crippen LogP) is 7.07. The summed E-state index contributed by atoms with van der Waals surface area (Å²) in [6.07, 6.45) is -1.77. The van der Waals surface area contributed by atoms with Crippen LogP contribution in [0.2, 0.25) is 0 Å². The van der Waals surface area contributed by atoms with Crippen LogP contribution in [0.5, 0.6) is 5.75 Å². The van der Waals surface area contributed by atoms with E-state index in [1.165, 1.54) is 24.3 Å². The quantitative estimate of drug-likeness (QED) is 0.413. The number of fused-ring (bicyclic) bond motifs is 1. The number of anilines is 2. The number of aromatic carboxylic acids is 1. The lowest BCUT2D eigenvalue weighted by atomic mass is 9.70. The summed E-state index contributed by atoms with van der Waals surface area (Å²) in [5.41, 5.74) is 2.86. The van der Waals surface area contributed by atoms with Crippen molar-refractivity contribution in [2.24, 2.45) is 11.3 Å². The highest BCUT2D eigenvalue weighted by molar-refractivity contribution is 5.96. The standard InChI is InChI=1S/C25H28F3N3O3/c1-14-11-17(13-24(3,4)12-14)31-20-10-9-19(22(32)33)15(2)21(20)30-23(31)29-16-5-7-18(8-6-16)34-25(26,27)28/h5-10,14,17H,11-13H2,1-4H3,(H,29,30)(H,32,33)/t14?,17-/m1/s1. The molecule has 2 aromatic carbocycles. The molecule has 1 unspecified atom stereocenters. The maximum Gasteiger partial charge on any atom is 0.573 e. The Morgan fingerprint density at radius 2 is 1.85 bits per heavy atom. The second kappa shape index (κ2) is 8.52. The second-order valence-corrected chi connectivity index (χ2v) is 9.98. The Morgan fingerprint density at radius 1 is 1.18 bits per heavy atom. The molecule has 182 valence electrons. The van der Waals surface area contributed by atoms with Crippen molar-refractivity contribution in [3.8, 4) is 5.75 Å². The number of benzene rings is 2. The molecule has 1 aliphatic carbocycles. The number of carboxylic acid groups (broad SMARTS) is 1. The molecule has 0 bridgehead atoms. The van der Waals surface area contributed by atoms with E-state index in [4.69, 9.17) is 4.98 Å². The number of aromatic nitrogens is 2. The van der Waals surface area contributed by atoms with Crippen molar-refractivity contribution in [2.75, 3.05) is 5.32 Å². The van der Waals surface area contributed by atoms with Gasteiger partial charge in [0.25, 0.3) is 0 Å². The predicted molar refractivity (Wildman–Crippen MR) is 124 cm³/mol. The van der Waals surface area contributed by atoms with E-state index in [0.29, 0.717) is 28.6 Å². The van der Waals surface area contributed by atoms with Gasteiger partial charge in [0.05, 0.1) is 16.6 Å². The molecule has 0 spiro atoms. The number of carboxylic acids is 1. The van der Waals surface area contributed by atoms with Gasteiger partial charge in [-0.2, -0.15) is 0 Å². The third-order valence-corrected chi connectivity index (χ3v) is 6.42. The number of hydrogen-bond acceptors (Lipinski definition) is 4. The van der Waals surface area contributed by atoms with Gasteiger partial charge >= 0.3 is 12.3 Å². The molecule has 6 nitrogen and oxygen atoms in total. The first-order valence-electron chi connectivity index (χ1n) is 11.2. The molecule has 1 aliphatic rings. The van der Waals surface area contributed by atoms with Crippen molar-refractivity contribution in [1.29, 1.82) is 0 Å². The van der Waals surface area contributed by atoms with Crippen molar-refractivity contribution in [3.05, 3.63) is 47.5 Å². The Bertz CT molecular complexity index is 1220. The van der Waals surface area contributed by atoms with Gasteiger partial charge < -0.3 is 19.7 Å². The maximum absolute atomic E-state index is 12.5. The number of alkyl halides is 3. The van der Waals surface area contributed by atoms with Crippen LogP contribution in [0.15, 0.2) is 36.4 Å². The average Bonchev–Trinajstić information content (AvgIpc) is 3.06. The lowest BCUT2D eigenvalue weighted by Crippen LogP contribution is -2.29. The lowest BCUT2D eigenvalue weighted by Gasteiger charge is -2.40. The van der Waals surface area contributed by atoms with E-state index in [2.05, 4.69) is 35.4 Å². The topological polar surface area (TPSA) is 76.4 Å². The minimum absolute atomic E-state index is 0.128. The molecule has 0 aliphatic heterocycles. The molecule has 4 rings (SSSR count). The molecule has 9 heteroatoms. The van der Waals surface area contributed by atoms with Crippen molar-refractivity contribution in [1.82, 2.24) is 9.55 Å². The van der Waals surface area contributed by atoms with Gasteiger partial charge in [-0.25, -0.2) is 9.78 Å². The van der Waals surface area contributed by atoms with E-state index in [1.54, 1.807) is 19.1 Å². The Balaban J connectivity index is 1.78. The highest BCUT2D eigenvalue weighted by Crippen LogP contribution is 2.46. The Morgan fingerprint density at radius 3 is 2.44 bits per heavy atom. The van der Waals surface area contributed by atoms with Crippen LogP contribution in [0, 0.1) is 18.3 Å². The third-order valence-electron chi connectivity index (χ3n) is 6.42. The largest absolute Gasteiger partial charge is 0.573 e. The molecule has 1 fully saturated rings. The molecule has 1 saturated carbocycles. The van der Waals surface area contributed by atoms with Crippen molar-refractivity contribution < 1.29 is 27.8 Å². The normalized spacial score (nSPS) is 20.3. The highest BCUT2D eigenvalue weighted by atomic mass is 19.4. The van der Waals surface area contributed by atoms with E-state index in [9.17, 15) is 23.1 Å². The molecular weight excluding hydrogens is 447 g/mol. The highest BCUT2D eigenvalue weighted by Gasteiger charge is 2.35. The van der Waals surface area contributed by atoms with E-state index in [0.717, 1.165) is 24.8 Å². The van der Waals surface area contributed by atoms with Crippen LogP contribution in [-0.2, 0) is 0 Å². The van der Waals surface area contributed by atoms with Gasteiger partial charge in [-0.1, -0.05) is 20.8 Å². The summed E-state index contributed by atoms with van der Waals surface area (Å²) in [6.45, 7) is 8.46. The SMILES string of the molecule is Cc1c(C(=O)O)ccc2c1nc(Nc1ccc(OC(F)(F)F)cc1)n2[C@@H]1CC(C)CC(C)(C)C1. The maximum atomic E-state index is 12.5. The van der Waals surface area contributed by atoms with Gasteiger partial charge in [0.15, 0.2) is 0 Å². The van der Waals surface area contributed by atoms with Crippen LogP contribution in [0.3, 0.4) is 0 Å². The minimum atomic E-state index is -4.76. The first-order valence-corrected chi connectivity index (χ1v) is 11.2. The van der Waals surface area contributed by atoms with E-state index < -0.39 is 12.3 Å². The van der Waals surface area contributed by atoms with Gasteiger partial charge in [-0.15, -0.1) is 13.2 Å². The number of hydrogen-bond donors (Lipinski definition) is 2. The van der Waals surface area contributed by atoms with Crippen LogP contribution in [0.1, 0.15) is 62.0 Å². The number of imidazole rings is 1. The first-order chi connectivity index (χ1) is 15.8. The molecule has 34 heavy (non-hydrogen) atoms. The average molecular weight is 476 g/mol. The van der Waals surface area contributed by atoms with Gasteiger partial charge in [-0.3, -0.25) is 0 Å². The number of nitrogens with one attached hydrogen (secondary N) is 1. The molecule has 1 aromatic heterocycles. The Labute approximate surface area is 195 Å². The van der Waals surface area contributed by atoms with Gasteiger partial charge in [0.1, 0.15) is 5.75 Å². The lowest BCUT2D eigenvalue weighted by molar-refractivity contribution is -0.274. The van der Waals surface area contributed by atoms with Crippen LogP contribution in [-0.4, -0.2) is 27.0 Å². The van der Waals surface area contributed by atoms with Crippen LogP contribution in [0.25, 0.3) is 11.0 Å². The summed E-state index contributed by atoms with van der Waals surface area (Å²) < 4.78 is 43.6. The molecule has 2 atom stereocenters. The first kappa shape index (κ1) is 23.9. The van der Waals surface area contributed by atoms with Crippen LogP contribution in [0.4, 0.5) is 24.8 Å². The van der Waals surface area contributed by atoms with Crippen molar-refractivity contribution in [3.63, 3.8) is 0 Å². The van der Waals surface area contributed by atoms with Crippen molar-refractivity contribution >= 4 is 28.6 Å². The molecule has 2 N–H and O–H groups in total. The molecule has 1 heterocycles. The number of nitrogens with zero attached hydrogens (tertiary/aromatic N) is 2. The molecular formula is C25H28F3N3O3. The van der Waals surface area contributed by atoms with Gasteiger partial charge in [0, 0.05) is 11.7 Å². The van der Waals surface area contributed by atoms with E-state index >= 15 is 0 Å². The monoisotopic (exact) mass is 475 g/mol. The molecule has 0 radical (unpaired) electrons. The number of halogens is 3. The van der Waals surface area contributed by atoms with Gasteiger partial charge in [0.2, 0.25) is 5.95 Å². The number of rotatable bonds is 5. The third kappa shape index (κ3) is 4.98. The summed E-state index contributed by atoms with van der Waals surface area (Å²) >= 11 is 0. The van der Waals surface area contributed by atoms with Crippen LogP contribution < -0.4 is 10.1 Å². The zero-order valence-corrected chi connectivity index (χ0v) is 19.5. The minimum Gasteiger partial charge on any atom is -0.478 e. The Hall–Kier alpha value is -3.23. The number of carbonyl (C=O) groups is 1. The van der Waals surface area contributed by atoms with E-state index in [-0.39, 0.29) is 22.8 Å². The molecule has 3 aromatic rings. The summed E-state index contributed by atoms with van der Waals surface area (Å²) in [5, 5.41) is 12.8. The molecule has 0 saturated heterocycles. The van der Waals surface area contributed by atoms with Crippen LogP contribution >= 0.6 is 0 Å². The molecule has 0 amide bonds. The summed E-state index contributed by atoms with van der Waals surface area (Å²) in [5.74, 6) is -0.301. The summed E-state index contributed by atoms with van der Waals surface area (Å²) in [7, 11) is 0. The smallest absolute Gasteiger partial charge is 0.478 e. The van der Waals surface area contributed by atoms with Gasteiger partial charge in [-0.05, 0) is 79.5 Å². The summed E-state index contributed by atoms with van der Waals surface area (Å²) in [6, 6.07) is 8.99. The second-order valence-electron chi connectivity index (χ2n) is 9.98. The number of aryl methyl sites for hydroxylation is 1. The zero-order valence-electron chi connectivity index (χ0n) is 19.5.